The van der Waals surface area contributed by atoms with E-state index in [1.807, 2.05) is 11.7 Å². The fourth-order valence-corrected chi connectivity index (χ4v) is 4.45. The molecule has 0 amide bonds. The molecule has 1 fully saturated rings. The van der Waals surface area contributed by atoms with Gasteiger partial charge in [0.25, 0.3) is 0 Å². The van der Waals surface area contributed by atoms with E-state index in [9.17, 15) is 0 Å². The van der Waals surface area contributed by atoms with Crippen molar-refractivity contribution < 1.29 is 0 Å². The summed E-state index contributed by atoms with van der Waals surface area (Å²) >= 11 is 8.16. The molecule has 1 atom stereocenters. The number of aromatic nitrogens is 4. The van der Waals surface area contributed by atoms with Gasteiger partial charge in [0, 0.05) is 13.6 Å². The van der Waals surface area contributed by atoms with Gasteiger partial charge in [0.05, 0.1) is 11.6 Å². The monoisotopic (exact) mass is 312 g/mol. The zero-order chi connectivity index (χ0) is 14.1. The first-order valence-electron chi connectivity index (χ1n) is 7.29. The van der Waals surface area contributed by atoms with Crippen LogP contribution in [0.5, 0.6) is 0 Å². The van der Waals surface area contributed by atoms with Crippen molar-refractivity contribution in [3.8, 4) is 0 Å². The highest BCUT2D eigenvalue weighted by atomic mass is 35.5. The molecule has 3 rings (SSSR count). The highest BCUT2D eigenvalue weighted by molar-refractivity contribution is 7.99. The molecule has 0 radical (unpaired) electrons. The van der Waals surface area contributed by atoms with E-state index in [2.05, 4.69) is 28.4 Å². The normalized spacial score (nSPS) is 19.2. The Morgan fingerprint density at radius 2 is 2.30 bits per heavy atom. The van der Waals surface area contributed by atoms with E-state index >= 15 is 0 Å². The van der Waals surface area contributed by atoms with E-state index in [0.717, 1.165) is 48.0 Å². The van der Waals surface area contributed by atoms with Crippen LogP contribution in [0, 0.1) is 5.92 Å². The first-order chi connectivity index (χ1) is 9.74. The van der Waals surface area contributed by atoms with Gasteiger partial charge in [-0.2, -0.15) is 16.9 Å². The number of alkyl halides is 1. The van der Waals surface area contributed by atoms with Gasteiger partial charge in [0.15, 0.2) is 5.65 Å². The lowest BCUT2D eigenvalue weighted by Gasteiger charge is -2.12. The molecular weight excluding hydrogens is 292 g/mol. The summed E-state index contributed by atoms with van der Waals surface area (Å²) in [6.07, 6.45) is 3.37. The molecule has 0 bridgehead atoms. The molecule has 0 aromatic carbocycles. The molecule has 20 heavy (non-hydrogen) atoms. The first kappa shape index (κ1) is 14.3. The molecule has 1 unspecified atom stereocenters. The van der Waals surface area contributed by atoms with E-state index in [4.69, 9.17) is 16.6 Å². The summed E-state index contributed by atoms with van der Waals surface area (Å²) in [4.78, 5) is 4.75. The largest absolute Gasteiger partial charge is 0.312 e. The third-order valence-electron chi connectivity index (χ3n) is 3.94. The molecule has 0 saturated carbocycles. The SMILES string of the molecule is CCCc1nn(C)c2c1nc(CCl)n2CC1CCSC1. The van der Waals surface area contributed by atoms with Gasteiger partial charge in [-0.3, -0.25) is 4.68 Å². The highest BCUT2D eigenvalue weighted by Gasteiger charge is 2.22. The van der Waals surface area contributed by atoms with Crippen LogP contribution < -0.4 is 0 Å². The highest BCUT2D eigenvalue weighted by Crippen LogP contribution is 2.28. The lowest BCUT2D eigenvalue weighted by Crippen LogP contribution is -2.14. The average molecular weight is 313 g/mol. The van der Waals surface area contributed by atoms with Crippen LogP contribution in [0.3, 0.4) is 0 Å². The molecule has 1 aliphatic heterocycles. The lowest BCUT2D eigenvalue weighted by atomic mass is 10.1. The number of hydrogen-bond donors (Lipinski definition) is 0. The van der Waals surface area contributed by atoms with Gasteiger partial charge in [-0.25, -0.2) is 4.98 Å². The number of imidazole rings is 1. The number of nitrogens with zero attached hydrogens (tertiary/aromatic N) is 4. The molecule has 6 heteroatoms. The van der Waals surface area contributed by atoms with Gasteiger partial charge in [-0.1, -0.05) is 13.3 Å². The zero-order valence-electron chi connectivity index (χ0n) is 12.1. The number of aryl methyl sites for hydroxylation is 2. The molecule has 0 spiro atoms. The van der Waals surface area contributed by atoms with E-state index < -0.39 is 0 Å². The molecule has 3 heterocycles. The van der Waals surface area contributed by atoms with Crippen molar-refractivity contribution >= 4 is 34.5 Å². The van der Waals surface area contributed by atoms with E-state index in [1.165, 1.54) is 17.9 Å². The predicted octanol–water partition coefficient (Wildman–Crippen LogP) is 3.21. The van der Waals surface area contributed by atoms with Crippen molar-refractivity contribution in [2.75, 3.05) is 11.5 Å². The summed E-state index contributed by atoms with van der Waals surface area (Å²) in [6, 6.07) is 0. The topological polar surface area (TPSA) is 35.6 Å². The lowest BCUT2D eigenvalue weighted by molar-refractivity contribution is 0.486. The second-order valence-electron chi connectivity index (χ2n) is 5.49. The first-order valence-corrected chi connectivity index (χ1v) is 8.98. The number of rotatable bonds is 5. The molecule has 1 saturated heterocycles. The molecule has 0 aliphatic carbocycles. The quantitative estimate of drug-likeness (QED) is 0.795. The summed E-state index contributed by atoms with van der Waals surface area (Å²) in [6.45, 7) is 3.20. The van der Waals surface area contributed by atoms with E-state index in [1.54, 1.807) is 0 Å². The van der Waals surface area contributed by atoms with E-state index in [-0.39, 0.29) is 0 Å². The Labute approximate surface area is 128 Å². The Hall–Kier alpha value is -0.680. The summed E-state index contributed by atoms with van der Waals surface area (Å²) in [5.41, 5.74) is 3.30. The standard InChI is InChI=1S/C14H21ClN4S/c1-3-4-11-13-14(18(2)17-11)19(12(7-15)16-13)8-10-5-6-20-9-10/h10H,3-9H2,1-2H3. The number of thioether (sulfide) groups is 1. The van der Waals surface area contributed by atoms with Crippen LogP contribution in [0.4, 0.5) is 0 Å². The minimum atomic E-state index is 0.472. The minimum absolute atomic E-state index is 0.472. The maximum absolute atomic E-state index is 6.11. The average Bonchev–Trinajstić information content (AvgIpc) is 3.11. The third-order valence-corrected chi connectivity index (χ3v) is 5.41. The number of fused-ring (bicyclic) bond motifs is 1. The van der Waals surface area contributed by atoms with Gasteiger partial charge >= 0.3 is 0 Å². The van der Waals surface area contributed by atoms with Crippen molar-refractivity contribution in [1.29, 1.82) is 0 Å². The van der Waals surface area contributed by atoms with Crippen LogP contribution in [0.1, 0.15) is 31.3 Å². The maximum atomic E-state index is 6.11. The summed E-state index contributed by atoms with van der Waals surface area (Å²) < 4.78 is 4.27. The molecule has 110 valence electrons. The van der Waals surface area contributed by atoms with Crippen LogP contribution in [-0.2, 0) is 25.9 Å². The third kappa shape index (κ3) is 2.46. The maximum Gasteiger partial charge on any atom is 0.158 e. The van der Waals surface area contributed by atoms with Crippen molar-refractivity contribution in [2.24, 2.45) is 13.0 Å². The summed E-state index contributed by atoms with van der Waals surface area (Å²) in [5, 5.41) is 4.64. The van der Waals surface area contributed by atoms with Crippen LogP contribution in [0.25, 0.3) is 11.2 Å². The predicted molar refractivity (Wildman–Crippen MR) is 85.5 cm³/mol. The smallest absolute Gasteiger partial charge is 0.158 e. The molecular formula is C14H21ClN4S. The number of halogens is 1. The van der Waals surface area contributed by atoms with Gasteiger partial charge < -0.3 is 4.57 Å². The van der Waals surface area contributed by atoms with Crippen molar-refractivity contribution in [2.45, 2.75) is 38.6 Å². The number of hydrogen-bond acceptors (Lipinski definition) is 3. The van der Waals surface area contributed by atoms with Crippen LogP contribution in [-0.4, -0.2) is 30.8 Å². The van der Waals surface area contributed by atoms with E-state index in [0.29, 0.717) is 5.88 Å². The van der Waals surface area contributed by atoms with Gasteiger partial charge in [-0.15, -0.1) is 11.6 Å². The Kier molecular flexibility index (Phi) is 4.26. The second kappa shape index (κ2) is 5.98. The Bertz CT molecular complexity index is 598. The van der Waals surface area contributed by atoms with Crippen LogP contribution in [0.15, 0.2) is 0 Å². The fraction of sp³-hybridized carbons (Fsp3) is 0.714. The summed E-state index contributed by atoms with van der Waals surface area (Å²) in [7, 11) is 2.01. The van der Waals surface area contributed by atoms with Crippen molar-refractivity contribution in [3.05, 3.63) is 11.5 Å². The van der Waals surface area contributed by atoms with Gasteiger partial charge in [0.1, 0.15) is 11.3 Å². The minimum Gasteiger partial charge on any atom is -0.312 e. The molecule has 1 aliphatic rings. The zero-order valence-corrected chi connectivity index (χ0v) is 13.7. The van der Waals surface area contributed by atoms with Crippen LogP contribution in [0.2, 0.25) is 0 Å². The van der Waals surface area contributed by atoms with Gasteiger partial charge in [0.2, 0.25) is 0 Å². The summed E-state index contributed by atoms with van der Waals surface area (Å²) in [5.74, 6) is 4.74. The van der Waals surface area contributed by atoms with Crippen LogP contribution >= 0.6 is 23.4 Å². The molecule has 0 N–H and O–H groups in total. The Balaban J connectivity index is 2.03. The van der Waals surface area contributed by atoms with Crippen molar-refractivity contribution in [3.63, 3.8) is 0 Å². The Morgan fingerprint density at radius 1 is 1.45 bits per heavy atom. The molecule has 2 aromatic heterocycles. The molecule has 2 aromatic rings. The molecule has 4 nitrogen and oxygen atoms in total. The second-order valence-corrected chi connectivity index (χ2v) is 6.91. The Morgan fingerprint density at radius 3 is 2.95 bits per heavy atom. The van der Waals surface area contributed by atoms with Gasteiger partial charge in [-0.05, 0) is 30.3 Å². The van der Waals surface area contributed by atoms with Crippen molar-refractivity contribution in [1.82, 2.24) is 19.3 Å². The fourth-order valence-electron chi connectivity index (χ4n) is 2.97.